The number of halogens is 2. The van der Waals surface area contributed by atoms with Crippen LogP contribution in [0.2, 0.25) is 13.1 Å². The number of fused-ring (bicyclic) bond motifs is 2. The van der Waals surface area contributed by atoms with E-state index in [2.05, 4.69) is 138 Å². The van der Waals surface area contributed by atoms with E-state index in [1.165, 1.54) is 66.8 Å². The molecule has 2 atom stereocenters. The minimum absolute atomic E-state index is 0.143. The molecule has 2 aliphatic rings. The van der Waals surface area contributed by atoms with Crippen LogP contribution < -0.4 is 0 Å². The summed E-state index contributed by atoms with van der Waals surface area (Å²) in [7, 11) is 17.1. The maximum absolute atomic E-state index is 8.54. The molecule has 2 aliphatic carbocycles. The summed E-state index contributed by atoms with van der Waals surface area (Å²) in [6, 6.07) is 31.1. The number of aryl methyl sites for hydroxylation is 6. The fourth-order valence-electron chi connectivity index (χ4n) is 8.30. The van der Waals surface area contributed by atoms with E-state index < -0.39 is 21.5 Å². The summed E-state index contributed by atoms with van der Waals surface area (Å²) in [6.45, 7) is 14.1. The first-order valence-corrected chi connectivity index (χ1v) is 32.6. The molecule has 4 aromatic rings. The van der Waals surface area contributed by atoms with Gasteiger partial charge in [-0.15, -0.1) is 0 Å². The van der Waals surface area contributed by atoms with Crippen molar-refractivity contribution in [1.29, 1.82) is 0 Å². The third kappa shape index (κ3) is 5.43. The fraction of sp³-hybridized carbons (Fsp3) is 0.300. The maximum atomic E-state index is 8.54. The van der Waals surface area contributed by atoms with Crippen LogP contribution in [0, 0.1) is 13.8 Å². The molecule has 44 heavy (non-hydrogen) atoms. The van der Waals surface area contributed by atoms with Crippen molar-refractivity contribution >= 4 is 35.1 Å². The molecule has 2 unspecified atom stereocenters. The zero-order chi connectivity index (χ0) is 31.2. The average molecular weight is 716 g/mol. The van der Waals surface area contributed by atoms with Crippen LogP contribution in [-0.4, -0.2) is 5.92 Å². The molecule has 0 fully saturated rings. The number of hydrogen-bond donors (Lipinski definition) is 0. The first-order chi connectivity index (χ1) is 21.0. The third-order valence-electron chi connectivity index (χ3n) is 10.7. The summed E-state index contributed by atoms with van der Waals surface area (Å²) in [5, 5.41) is 0. The average Bonchev–Trinajstić information content (AvgIpc) is 3.57. The normalized spacial score (nSPS) is 18.4. The molecule has 0 saturated heterocycles. The Kier molecular flexibility index (Phi) is 8.97. The van der Waals surface area contributed by atoms with Gasteiger partial charge < -0.3 is 0 Å². The van der Waals surface area contributed by atoms with Crippen molar-refractivity contribution < 1.29 is 15.6 Å². The predicted molar refractivity (Wildman–Crippen MR) is 193 cm³/mol. The minimum atomic E-state index is -4.70. The Morgan fingerprint density at radius 2 is 0.932 bits per heavy atom. The van der Waals surface area contributed by atoms with Gasteiger partial charge in [0.2, 0.25) is 0 Å². The zero-order valence-corrected chi connectivity index (χ0v) is 32.2. The predicted octanol–water partition coefficient (Wildman–Crippen LogP) is 11.5. The molecule has 0 amide bonds. The van der Waals surface area contributed by atoms with Crippen molar-refractivity contribution in [1.82, 2.24) is 0 Å². The molecule has 0 heterocycles. The quantitative estimate of drug-likeness (QED) is 0.151. The second-order valence-corrected chi connectivity index (χ2v) is 56.2. The molecular weight excluding hydrogens is 671 g/mol. The van der Waals surface area contributed by atoms with Gasteiger partial charge >= 0.3 is 276 Å². The standard InChI is InChI=1S/2C19H19.C2H7Si.2ClH.Zr/c2*1-14-12-18-15(2)8-10-17(19(18)13-14)11-9-16-6-4-3-5-7-16;1-3-2;;;/h2*3-8,10,12-13H,9,11H2,1-2H3;3H,1-2H3;2*1H;/q;;;;;+2/p-2. The van der Waals surface area contributed by atoms with Crippen molar-refractivity contribution in [3.8, 4) is 0 Å². The van der Waals surface area contributed by atoms with Crippen molar-refractivity contribution in [2.45, 2.75) is 73.7 Å². The molecule has 227 valence electrons. The van der Waals surface area contributed by atoms with Gasteiger partial charge in [-0.3, -0.25) is 0 Å². The molecule has 6 rings (SSSR count). The number of benzene rings is 4. The topological polar surface area (TPSA) is 0 Å². The molecule has 4 heteroatoms. The summed E-state index contributed by atoms with van der Waals surface area (Å²) in [6.07, 6.45) is 9.03. The molecular formula is C40H45Cl2SiZr. The Balaban J connectivity index is 1.44. The van der Waals surface area contributed by atoms with Crippen LogP contribution in [-0.2, 0) is 41.2 Å². The summed E-state index contributed by atoms with van der Waals surface area (Å²) < 4.78 is 0.287. The van der Waals surface area contributed by atoms with Gasteiger partial charge in [0, 0.05) is 0 Å². The second kappa shape index (κ2) is 12.3. The SMILES string of the molecule is CC1=Cc2c(CCc3ccccc3)ccc(C)c2[CH]1[Zr]([Cl])([Cl])([CH]1C(C)=Cc2c(CCc3ccccc3)ccc(C)c21)[SiH](C)C. The third-order valence-corrected chi connectivity index (χ3v) is 62.8. The summed E-state index contributed by atoms with van der Waals surface area (Å²) in [4.78, 5) is 0. The first-order valence-electron chi connectivity index (χ1n) is 16.3. The van der Waals surface area contributed by atoms with Crippen LogP contribution in [0.15, 0.2) is 96.1 Å². The molecule has 0 saturated carbocycles. The van der Waals surface area contributed by atoms with E-state index in [4.69, 9.17) is 17.0 Å². The van der Waals surface area contributed by atoms with E-state index in [9.17, 15) is 0 Å². The molecule has 4 aromatic carbocycles. The number of hydrogen-bond acceptors (Lipinski definition) is 0. The zero-order valence-electron chi connectivity index (χ0n) is 27.1. The molecule has 0 spiro atoms. The molecule has 0 aromatic heterocycles. The monoisotopic (exact) mass is 713 g/mol. The van der Waals surface area contributed by atoms with Crippen molar-refractivity contribution in [2.75, 3.05) is 0 Å². The van der Waals surface area contributed by atoms with Crippen molar-refractivity contribution in [3.05, 3.63) is 152 Å². The van der Waals surface area contributed by atoms with Crippen LogP contribution in [0.1, 0.15) is 76.7 Å². The Hall–Kier alpha value is -1.96. The molecule has 0 bridgehead atoms. The van der Waals surface area contributed by atoms with Crippen LogP contribution in [0.4, 0.5) is 0 Å². The van der Waals surface area contributed by atoms with Gasteiger partial charge in [-0.25, -0.2) is 0 Å². The van der Waals surface area contributed by atoms with Crippen molar-refractivity contribution in [3.63, 3.8) is 0 Å². The number of allylic oxidation sites excluding steroid dienone is 2. The van der Waals surface area contributed by atoms with Gasteiger partial charge in [-0.1, -0.05) is 0 Å². The Labute approximate surface area is 274 Å². The second-order valence-electron chi connectivity index (χ2n) is 13.7. The summed E-state index contributed by atoms with van der Waals surface area (Å²) in [5.41, 5.74) is 16.7. The summed E-state index contributed by atoms with van der Waals surface area (Å²) >= 11 is -4.70. The van der Waals surface area contributed by atoms with Crippen LogP contribution >= 0.6 is 17.0 Å². The molecule has 0 N–H and O–H groups in total. The van der Waals surface area contributed by atoms with E-state index in [-0.39, 0.29) is 7.25 Å². The fourth-order valence-corrected chi connectivity index (χ4v) is 41.3. The summed E-state index contributed by atoms with van der Waals surface area (Å²) in [5.74, 6) is -1.56. The van der Waals surface area contributed by atoms with Gasteiger partial charge in [0.05, 0.1) is 0 Å². The van der Waals surface area contributed by atoms with Gasteiger partial charge in [0.1, 0.15) is 0 Å². The number of rotatable bonds is 9. The van der Waals surface area contributed by atoms with Crippen molar-refractivity contribution in [2.24, 2.45) is 0 Å². The Morgan fingerprint density at radius 1 is 0.545 bits per heavy atom. The Morgan fingerprint density at radius 3 is 1.30 bits per heavy atom. The van der Waals surface area contributed by atoms with E-state index in [0.717, 1.165) is 25.7 Å². The molecule has 0 nitrogen and oxygen atoms in total. The van der Waals surface area contributed by atoms with E-state index in [0.29, 0.717) is 0 Å². The molecule has 0 aliphatic heterocycles. The van der Waals surface area contributed by atoms with Gasteiger partial charge in [0.25, 0.3) is 0 Å². The molecule has 0 radical (unpaired) electrons. The van der Waals surface area contributed by atoms with E-state index in [1.807, 2.05) is 0 Å². The Bertz CT molecular complexity index is 1640. The van der Waals surface area contributed by atoms with Gasteiger partial charge in [0.15, 0.2) is 0 Å². The van der Waals surface area contributed by atoms with Crippen LogP contribution in [0.3, 0.4) is 0 Å². The van der Waals surface area contributed by atoms with E-state index in [1.54, 1.807) is 0 Å². The van der Waals surface area contributed by atoms with Crippen LogP contribution in [0.5, 0.6) is 0 Å². The van der Waals surface area contributed by atoms with Gasteiger partial charge in [-0.05, 0) is 0 Å². The van der Waals surface area contributed by atoms with E-state index >= 15 is 0 Å². The first kappa shape index (κ1) is 32.0. The van der Waals surface area contributed by atoms with Gasteiger partial charge in [-0.2, -0.15) is 0 Å². The van der Waals surface area contributed by atoms with Crippen LogP contribution in [0.25, 0.3) is 12.2 Å².